The Morgan fingerprint density at radius 3 is 2.30 bits per heavy atom. The van der Waals surface area contributed by atoms with Crippen LogP contribution in [-0.4, -0.2) is 47.8 Å². The van der Waals surface area contributed by atoms with Crippen molar-refractivity contribution >= 4 is 34.8 Å². The van der Waals surface area contributed by atoms with Gasteiger partial charge in [-0.1, -0.05) is 23.7 Å². The lowest BCUT2D eigenvalue weighted by molar-refractivity contribution is 0.0538. The number of thiophene rings is 1. The molecule has 7 heteroatoms. The maximum Gasteiger partial charge on any atom is 0.264 e. The van der Waals surface area contributed by atoms with Crippen LogP contribution in [0.1, 0.15) is 25.6 Å². The van der Waals surface area contributed by atoms with Crippen molar-refractivity contribution in [3.63, 3.8) is 0 Å². The van der Waals surface area contributed by atoms with Crippen LogP contribution < -0.4 is 4.74 Å². The molecule has 0 bridgehead atoms. The van der Waals surface area contributed by atoms with Gasteiger partial charge in [-0.3, -0.25) is 9.59 Å². The number of carbonyl (C=O) groups excluding carboxylic acids is 2. The van der Waals surface area contributed by atoms with Gasteiger partial charge in [0.25, 0.3) is 11.8 Å². The normalized spacial score (nSPS) is 15.2. The molecular formula is C23H19ClN2O3S. The summed E-state index contributed by atoms with van der Waals surface area (Å²) in [5, 5.41) is 0.605. The Morgan fingerprint density at radius 2 is 1.57 bits per heavy atom. The number of amides is 2. The first kappa shape index (κ1) is 19.2. The van der Waals surface area contributed by atoms with Gasteiger partial charge in [-0.2, -0.15) is 0 Å². The van der Waals surface area contributed by atoms with Crippen LogP contribution in [0.2, 0.25) is 5.02 Å². The van der Waals surface area contributed by atoms with Crippen LogP contribution in [0, 0.1) is 0 Å². The molecule has 0 N–H and O–H groups in total. The number of fused-ring (bicyclic) bond motifs is 3. The second kappa shape index (κ2) is 7.78. The fourth-order valence-electron chi connectivity index (χ4n) is 3.85. The van der Waals surface area contributed by atoms with Crippen LogP contribution in [0.4, 0.5) is 0 Å². The highest BCUT2D eigenvalue weighted by Gasteiger charge is 2.28. The summed E-state index contributed by atoms with van der Waals surface area (Å²) >= 11 is 7.42. The number of carbonyl (C=O) groups is 2. The summed E-state index contributed by atoms with van der Waals surface area (Å²) in [5.74, 6) is 0.852. The topological polar surface area (TPSA) is 49.9 Å². The van der Waals surface area contributed by atoms with E-state index >= 15 is 0 Å². The van der Waals surface area contributed by atoms with Crippen molar-refractivity contribution in [2.75, 3.05) is 26.2 Å². The van der Waals surface area contributed by atoms with Gasteiger partial charge in [-0.25, -0.2) is 0 Å². The lowest BCUT2D eigenvalue weighted by Crippen LogP contribution is -2.50. The number of ether oxygens (including phenoxy) is 1. The van der Waals surface area contributed by atoms with Gasteiger partial charge in [0.15, 0.2) is 0 Å². The molecule has 0 saturated carbocycles. The molecule has 0 aliphatic carbocycles. The van der Waals surface area contributed by atoms with E-state index in [9.17, 15) is 9.59 Å². The summed E-state index contributed by atoms with van der Waals surface area (Å²) in [4.78, 5) is 31.2. The van der Waals surface area contributed by atoms with Gasteiger partial charge < -0.3 is 14.5 Å². The zero-order valence-corrected chi connectivity index (χ0v) is 17.7. The molecule has 5 nitrogen and oxygen atoms in total. The summed E-state index contributed by atoms with van der Waals surface area (Å²) in [5.41, 5.74) is 2.71. The Kier molecular flexibility index (Phi) is 4.97. The molecule has 2 amide bonds. The van der Waals surface area contributed by atoms with E-state index in [1.54, 1.807) is 29.2 Å². The van der Waals surface area contributed by atoms with E-state index < -0.39 is 0 Å². The largest absolute Gasteiger partial charge is 0.488 e. The Bertz CT molecular complexity index is 1120. The number of hydrogen-bond donors (Lipinski definition) is 0. The molecule has 1 aromatic heterocycles. The fourth-order valence-corrected chi connectivity index (χ4v) is 5.14. The predicted molar refractivity (Wildman–Crippen MR) is 117 cm³/mol. The van der Waals surface area contributed by atoms with Crippen LogP contribution in [0.25, 0.3) is 10.4 Å². The number of piperazine rings is 1. The minimum atomic E-state index is -0.0286. The van der Waals surface area contributed by atoms with Gasteiger partial charge >= 0.3 is 0 Å². The van der Waals surface area contributed by atoms with Gasteiger partial charge in [0, 0.05) is 52.8 Å². The molecule has 2 aromatic carbocycles. The summed E-state index contributed by atoms with van der Waals surface area (Å²) in [6.45, 7) is 2.57. The highest BCUT2D eigenvalue weighted by molar-refractivity contribution is 7.17. The number of para-hydroxylation sites is 1. The van der Waals surface area contributed by atoms with E-state index in [-0.39, 0.29) is 11.8 Å². The zero-order valence-electron chi connectivity index (χ0n) is 16.1. The average molecular weight is 439 g/mol. The third kappa shape index (κ3) is 3.46. The second-order valence-electron chi connectivity index (χ2n) is 7.34. The molecule has 2 aliphatic rings. The lowest BCUT2D eigenvalue weighted by atomic mass is 10.1. The molecule has 0 spiro atoms. The van der Waals surface area contributed by atoms with E-state index in [4.69, 9.17) is 16.3 Å². The van der Waals surface area contributed by atoms with Crippen molar-refractivity contribution in [2.24, 2.45) is 0 Å². The number of rotatable bonds is 2. The van der Waals surface area contributed by atoms with Gasteiger partial charge in [0.2, 0.25) is 0 Å². The molecule has 0 radical (unpaired) electrons. The van der Waals surface area contributed by atoms with Crippen LogP contribution in [-0.2, 0) is 6.61 Å². The minimum absolute atomic E-state index is 0.0190. The highest BCUT2D eigenvalue weighted by atomic mass is 35.5. The van der Waals surface area contributed by atoms with E-state index in [0.29, 0.717) is 43.4 Å². The van der Waals surface area contributed by atoms with Crippen LogP contribution in [0.5, 0.6) is 5.75 Å². The monoisotopic (exact) mass is 438 g/mol. The number of nitrogens with zero attached hydrogens (tertiary/aromatic N) is 2. The third-order valence-electron chi connectivity index (χ3n) is 5.48. The molecule has 0 atom stereocenters. The van der Waals surface area contributed by atoms with E-state index in [2.05, 4.69) is 0 Å². The van der Waals surface area contributed by atoms with Gasteiger partial charge in [0.05, 0.1) is 4.88 Å². The van der Waals surface area contributed by atoms with E-state index in [0.717, 1.165) is 26.6 Å². The smallest absolute Gasteiger partial charge is 0.264 e. The van der Waals surface area contributed by atoms with Crippen LogP contribution >= 0.6 is 22.9 Å². The molecule has 3 heterocycles. The summed E-state index contributed by atoms with van der Waals surface area (Å²) in [6, 6.07) is 16.8. The second-order valence-corrected chi connectivity index (χ2v) is 8.83. The Hall–Kier alpha value is -2.83. The highest BCUT2D eigenvalue weighted by Crippen LogP contribution is 2.42. The lowest BCUT2D eigenvalue weighted by Gasteiger charge is -2.34. The molecule has 5 rings (SSSR count). The third-order valence-corrected chi connectivity index (χ3v) is 6.93. The average Bonchev–Trinajstić information content (AvgIpc) is 3.24. The molecule has 30 heavy (non-hydrogen) atoms. The SMILES string of the molecule is O=C(c1ccc(Cl)cc1)N1CCN(C(=O)c2cc3c(s2)-c2ccccc2OC3)CC1. The number of halogens is 1. The summed E-state index contributed by atoms with van der Waals surface area (Å²) < 4.78 is 5.81. The van der Waals surface area contributed by atoms with Crippen molar-refractivity contribution in [3.8, 4) is 16.2 Å². The maximum atomic E-state index is 13.1. The van der Waals surface area contributed by atoms with Gasteiger partial charge in [-0.05, 0) is 42.5 Å². The molecule has 2 aliphatic heterocycles. The van der Waals surface area contributed by atoms with Gasteiger partial charge in [-0.15, -0.1) is 11.3 Å². The number of benzene rings is 2. The molecule has 0 unspecified atom stereocenters. The van der Waals surface area contributed by atoms with Crippen LogP contribution in [0.3, 0.4) is 0 Å². The first-order valence-corrected chi connectivity index (χ1v) is 11.0. The standard InChI is InChI=1S/C23H19ClN2O3S/c24-17-7-5-15(6-8-17)22(27)25-9-11-26(12-10-25)23(28)20-13-16-14-29-19-4-2-1-3-18(19)21(16)30-20/h1-8,13H,9-12,14H2. The Labute approximate surface area is 183 Å². The van der Waals surface area contributed by atoms with Crippen molar-refractivity contribution < 1.29 is 14.3 Å². The Morgan fingerprint density at radius 1 is 0.900 bits per heavy atom. The Balaban J connectivity index is 1.27. The first-order chi connectivity index (χ1) is 14.6. The quantitative estimate of drug-likeness (QED) is 0.589. The fraction of sp³-hybridized carbons (Fsp3) is 0.217. The first-order valence-electron chi connectivity index (χ1n) is 9.79. The molecule has 152 valence electrons. The van der Waals surface area contributed by atoms with E-state index in [1.165, 1.54) is 11.3 Å². The van der Waals surface area contributed by atoms with Crippen LogP contribution in [0.15, 0.2) is 54.6 Å². The molecule has 1 saturated heterocycles. The van der Waals surface area contributed by atoms with Crippen molar-refractivity contribution in [1.82, 2.24) is 9.80 Å². The minimum Gasteiger partial charge on any atom is -0.488 e. The van der Waals surface area contributed by atoms with Crippen molar-refractivity contribution in [3.05, 3.63) is 75.6 Å². The molecule has 1 fully saturated rings. The summed E-state index contributed by atoms with van der Waals surface area (Å²) in [6.07, 6.45) is 0. The molecule has 3 aromatic rings. The van der Waals surface area contributed by atoms with E-state index in [1.807, 2.05) is 35.2 Å². The van der Waals surface area contributed by atoms with Crippen molar-refractivity contribution in [2.45, 2.75) is 6.61 Å². The zero-order chi connectivity index (χ0) is 20.7. The predicted octanol–water partition coefficient (Wildman–Crippen LogP) is 4.56. The van der Waals surface area contributed by atoms with Crippen molar-refractivity contribution in [1.29, 1.82) is 0 Å². The van der Waals surface area contributed by atoms with Gasteiger partial charge in [0.1, 0.15) is 12.4 Å². The molecular weight excluding hydrogens is 420 g/mol. The number of hydrogen-bond acceptors (Lipinski definition) is 4. The summed E-state index contributed by atoms with van der Waals surface area (Å²) in [7, 11) is 0. The maximum absolute atomic E-state index is 13.1.